The molecular weight excluding hydrogens is 252 g/mol. The van der Waals surface area contributed by atoms with Gasteiger partial charge in [0, 0.05) is 25.4 Å². The number of likely N-dealkylation sites (tertiary alicyclic amines) is 1. The van der Waals surface area contributed by atoms with Gasteiger partial charge in [0.1, 0.15) is 0 Å². The van der Waals surface area contributed by atoms with Crippen molar-refractivity contribution in [2.24, 2.45) is 5.92 Å². The van der Waals surface area contributed by atoms with E-state index in [2.05, 4.69) is 27.1 Å². The van der Waals surface area contributed by atoms with Crippen LogP contribution < -0.4 is 10.1 Å². The standard InChI is InChI=1S/C15H26N4O/c1-12(2)20-14-6-7-16-15(18-14)17-10-13(3)11-19-8-4-5-9-19/h6-7,12-13H,4-5,8-11H2,1-3H3,(H,16,17,18). The van der Waals surface area contributed by atoms with Gasteiger partial charge in [-0.25, -0.2) is 4.98 Å². The van der Waals surface area contributed by atoms with Crippen LogP contribution in [0.3, 0.4) is 0 Å². The third-order valence-corrected chi connectivity index (χ3v) is 3.36. The van der Waals surface area contributed by atoms with Crippen LogP contribution in [0.1, 0.15) is 33.6 Å². The van der Waals surface area contributed by atoms with Gasteiger partial charge in [0.15, 0.2) is 0 Å². The van der Waals surface area contributed by atoms with E-state index < -0.39 is 0 Å². The predicted octanol–water partition coefficient (Wildman–Crippen LogP) is 2.41. The van der Waals surface area contributed by atoms with E-state index in [0.29, 0.717) is 17.7 Å². The second-order valence-electron chi connectivity index (χ2n) is 5.88. The lowest BCUT2D eigenvalue weighted by molar-refractivity contribution is 0.232. The molecule has 5 nitrogen and oxygen atoms in total. The number of hydrogen-bond donors (Lipinski definition) is 1. The molecule has 1 aliphatic heterocycles. The Morgan fingerprint density at radius 3 is 2.75 bits per heavy atom. The molecule has 0 aliphatic carbocycles. The average molecular weight is 278 g/mol. The van der Waals surface area contributed by atoms with E-state index in [-0.39, 0.29) is 6.10 Å². The van der Waals surface area contributed by atoms with Gasteiger partial charge in [-0.2, -0.15) is 4.98 Å². The molecule has 112 valence electrons. The second kappa shape index (κ2) is 7.43. The number of anilines is 1. The van der Waals surface area contributed by atoms with Crippen molar-refractivity contribution in [3.05, 3.63) is 12.3 Å². The third-order valence-electron chi connectivity index (χ3n) is 3.36. The summed E-state index contributed by atoms with van der Waals surface area (Å²) in [6.07, 6.45) is 4.56. The summed E-state index contributed by atoms with van der Waals surface area (Å²) >= 11 is 0. The molecule has 0 saturated carbocycles. The first-order valence-electron chi connectivity index (χ1n) is 7.59. The minimum absolute atomic E-state index is 0.131. The summed E-state index contributed by atoms with van der Waals surface area (Å²) in [5, 5.41) is 3.30. The highest BCUT2D eigenvalue weighted by Gasteiger charge is 2.14. The van der Waals surface area contributed by atoms with Gasteiger partial charge in [-0.15, -0.1) is 0 Å². The number of nitrogens with one attached hydrogen (secondary N) is 1. The van der Waals surface area contributed by atoms with Crippen molar-refractivity contribution in [2.75, 3.05) is 31.5 Å². The minimum atomic E-state index is 0.131. The van der Waals surface area contributed by atoms with E-state index in [9.17, 15) is 0 Å². The highest BCUT2D eigenvalue weighted by Crippen LogP contribution is 2.12. The minimum Gasteiger partial charge on any atom is -0.475 e. The lowest BCUT2D eigenvalue weighted by atomic mass is 10.1. The van der Waals surface area contributed by atoms with E-state index in [1.807, 2.05) is 13.8 Å². The molecule has 2 rings (SSSR count). The molecule has 20 heavy (non-hydrogen) atoms. The van der Waals surface area contributed by atoms with Crippen LogP contribution in [0.2, 0.25) is 0 Å². The Bertz CT molecular complexity index is 405. The van der Waals surface area contributed by atoms with Crippen LogP contribution in [-0.2, 0) is 0 Å². The maximum atomic E-state index is 5.57. The number of hydrogen-bond acceptors (Lipinski definition) is 5. The van der Waals surface area contributed by atoms with Gasteiger partial charge in [0.05, 0.1) is 6.10 Å². The van der Waals surface area contributed by atoms with Crippen molar-refractivity contribution in [3.63, 3.8) is 0 Å². The van der Waals surface area contributed by atoms with Gasteiger partial charge < -0.3 is 15.0 Å². The fourth-order valence-corrected chi connectivity index (χ4v) is 2.47. The van der Waals surface area contributed by atoms with Crippen LogP contribution in [0.4, 0.5) is 5.95 Å². The Balaban J connectivity index is 1.77. The Morgan fingerprint density at radius 1 is 1.30 bits per heavy atom. The fourth-order valence-electron chi connectivity index (χ4n) is 2.47. The van der Waals surface area contributed by atoms with E-state index >= 15 is 0 Å². The molecule has 2 heterocycles. The second-order valence-corrected chi connectivity index (χ2v) is 5.88. The molecule has 5 heteroatoms. The lowest BCUT2D eigenvalue weighted by Gasteiger charge is -2.20. The smallest absolute Gasteiger partial charge is 0.225 e. The molecule has 1 aromatic heterocycles. The largest absolute Gasteiger partial charge is 0.475 e. The number of rotatable bonds is 7. The zero-order valence-corrected chi connectivity index (χ0v) is 12.8. The van der Waals surface area contributed by atoms with Gasteiger partial charge in [-0.3, -0.25) is 0 Å². The summed E-state index contributed by atoms with van der Waals surface area (Å²) in [7, 11) is 0. The highest BCUT2D eigenvalue weighted by atomic mass is 16.5. The molecule has 1 fully saturated rings. The van der Waals surface area contributed by atoms with E-state index in [4.69, 9.17) is 4.74 Å². The van der Waals surface area contributed by atoms with Crippen molar-refractivity contribution < 1.29 is 4.74 Å². The summed E-state index contributed by atoms with van der Waals surface area (Å²) in [5.74, 6) is 1.87. The van der Waals surface area contributed by atoms with Crippen LogP contribution >= 0.6 is 0 Å². The monoisotopic (exact) mass is 278 g/mol. The first-order valence-corrected chi connectivity index (χ1v) is 7.59. The van der Waals surface area contributed by atoms with Crippen LogP contribution in [0, 0.1) is 5.92 Å². The first-order chi connectivity index (χ1) is 9.63. The number of aromatic nitrogens is 2. The van der Waals surface area contributed by atoms with Crippen molar-refractivity contribution >= 4 is 5.95 Å². The normalized spacial score (nSPS) is 17.4. The average Bonchev–Trinajstić information content (AvgIpc) is 2.89. The zero-order chi connectivity index (χ0) is 14.4. The van der Waals surface area contributed by atoms with Crippen molar-refractivity contribution in [2.45, 2.75) is 39.7 Å². The molecule has 0 bridgehead atoms. The molecule has 1 unspecified atom stereocenters. The van der Waals surface area contributed by atoms with Gasteiger partial charge in [-0.1, -0.05) is 6.92 Å². The molecule has 1 aliphatic rings. The van der Waals surface area contributed by atoms with Gasteiger partial charge in [0.2, 0.25) is 11.8 Å². The van der Waals surface area contributed by atoms with Gasteiger partial charge in [0.25, 0.3) is 0 Å². The van der Waals surface area contributed by atoms with Crippen molar-refractivity contribution in [3.8, 4) is 5.88 Å². The molecule has 1 saturated heterocycles. The Labute approximate surface area is 121 Å². The van der Waals surface area contributed by atoms with Crippen LogP contribution in [0.15, 0.2) is 12.3 Å². The fraction of sp³-hybridized carbons (Fsp3) is 0.733. The van der Waals surface area contributed by atoms with Gasteiger partial charge >= 0.3 is 0 Å². The quantitative estimate of drug-likeness (QED) is 0.830. The Hall–Kier alpha value is -1.36. The molecule has 0 spiro atoms. The maximum absolute atomic E-state index is 5.57. The molecule has 1 atom stereocenters. The van der Waals surface area contributed by atoms with Crippen molar-refractivity contribution in [1.29, 1.82) is 0 Å². The Morgan fingerprint density at radius 2 is 2.05 bits per heavy atom. The SMILES string of the molecule is CC(CNc1nccc(OC(C)C)n1)CN1CCCC1. The highest BCUT2D eigenvalue weighted by molar-refractivity contribution is 5.27. The molecule has 0 aromatic carbocycles. The van der Waals surface area contributed by atoms with Crippen LogP contribution in [-0.4, -0.2) is 47.2 Å². The first kappa shape index (κ1) is 15.0. The van der Waals surface area contributed by atoms with E-state index in [1.54, 1.807) is 12.3 Å². The zero-order valence-electron chi connectivity index (χ0n) is 12.8. The molecule has 0 radical (unpaired) electrons. The predicted molar refractivity (Wildman–Crippen MR) is 81.1 cm³/mol. The third kappa shape index (κ3) is 4.96. The maximum Gasteiger partial charge on any atom is 0.225 e. The Kier molecular flexibility index (Phi) is 5.59. The summed E-state index contributed by atoms with van der Waals surface area (Å²) in [6.45, 7) is 10.8. The topological polar surface area (TPSA) is 50.3 Å². The van der Waals surface area contributed by atoms with E-state index in [0.717, 1.165) is 13.1 Å². The molecule has 0 amide bonds. The molecule has 1 aromatic rings. The summed E-state index contributed by atoms with van der Waals surface area (Å²) < 4.78 is 5.57. The van der Waals surface area contributed by atoms with Crippen molar-refractivity contribution in [1.82, 2.24) is 14.9 Å². The summed E-state index contributed by atoms with van der Waals surface area (Å²) in [4.78, 5) is 11.1. The molecule has 1 N–H and O–H groups in total. The van der Waals surface area contributed by atoms with Crippen LogP contribution in [0.5, 0.6) is 5.88 Å². The van der Waals surface area contributed by atoms with Crippen LogP contribution in [0.25, 0.3) is 0 Å². The number of ether oxygens (including phenoxy) is 1. The van der Waals surface area contributed by atoms with Gasteiger partial charge in [-0.05, 0) is 45.7 Å². The lowest BCUT2D eigenvalue weighted by Crippen LogP contribution is -2.29. The summed E-state index contributed by atoms with van der Waals surface area (Å²) in [5.41, 5.74) is 0. The molecular formula is C15H26N4O. The number of nitrogens with zero attached hydrogens (tertiary/aromatic N) is 3. The summed E-state index contributed by atoms with van der Waals surface area (Å²) in [6, 6.07) is 1.79. The van der Waals surface area contributed by atoms with E-state index in [1.165, 1.54) is 25.9 Å².